The number of aromatic nitrogens is 2. The number of H-pyrrole nitrogens is 1. The van der Waals surface area contributed by atoms with Crippen molar-refractivity contribution >= 4 is 6.09 Å². The Morgan fingerprint density at radius 1 is 1.71 bits per heavy atom. The van der Waals surface area contributed by atoms with Crippen LogP contribution in [0.5, 0.6) is 0 Å². The quantitative estimate of drug-likeness (QED) is 0.796. The number of hydrogen-bond acceptors (Lipinski definition) is 3. The van der Waals surface area contributed by atoms with Gasteiger partial charge in [0, 0.05) is 19.4 Å². The van der Waals surface area contributed by atoms with Crippen molar-refractivity contribution in [2.45, 2.75) is 26.5 Å². The van der Waals surface area contributed by atoms with Crippen molar-refractivity contribution in [1.82, 2.24) is 14.9 Å². The number of nitrogens with zero attached hydrogens (tertiary/aromatic N) is 2. The Hall–Kier alpha value is -1.52. The largest absolute Gasteiger partial charge is 0.447 e. The smallest absolute Gasteiger partial charge is 0.410 e. The van der Waals surface area contributed by atoms with Gasteiger partial charge in [0.15, 0.2) is 0 Å². The summed E-state index contributed by atoms with van der Waals surface area (Å²) >= 11 is 0. The molecular formula is C9H15N3O2. The van der Waals surface area contributed by atoms with Crippen LogP contribution >= 0.6 is 0 Å². The van der Waals surface area contributed by atoms with Gasteiger partial charge in [-0.2, -0.15) is 0 Å². The first-order valence-corrected chi connectivity index (χ1v) is 4.49. The summed E-state index contributed by atoms with van der Waals surface area (Å²) in [7, 11) is 1.67. The zero-order valence-corrected chi connectivity index (χ0v) is 8.65. The molecule has 78 valence electrons. The summed E-state index contributed by atoms with van der Waals surface area (Å²) in [6.45, 7) is 4.07. The van der Waals surface area contributed by atoms with E-state index in [4.69, 9.17) is 4.74 Å². The van der Waals surface area contributed by atoms with Crippen LogP contribution in [0.25, 0.3) is 0 Å². The van der Waals surface area contributed by atoms with Crippen molar-refractivity contribution in [3.8, 4) is 0 Å². The molecule has 0 bridgehead atoms. The van der Waals surface area contributed by atoms with Gasteiger partial charge in [0.2, 0.25) is 0 Å². The number of carbonyl (C=O) groups is 1. The van der Waals surface area contributed by atoms with Crippen LogP contribution in [-0.4, -0.2) is 34.1 Å². The second-order valence-corrected chi connectivity index (χ2v) is 3.32. The molecule has 0 saturated carbocycles. The second-order valence-electron chi connectivity index (χ2n) is 3.32. The molecule has 0 atom stereocenters. The summed E-state index contributed by atoms with van der Waals surface area (Å²) < 4.78 is 5.01. The molecule has 0 aliphatic rings. The van der Waals surface area contributed by atoms with Crippen molar-refractivity contribution in [2.75, 3.05) is 7.05 Å². The van der Waals surface area contributed by atoms with Crippen LogP contribution in [0.2, 0.25) is 0 Å². The molecule has 14 heavy (non-hydrogen) atoms. The Kier molecular flexibility index (Phi) is 3.50. The minimum Gasteiger partial charge on any atom is -0.447 e. The zero-order valence-electron chi connectivity index (χ0n) is 8.65. The van der Waals surface area contributed by atoms with Gasteiger partial charge in [-0.1, -0.05) is 0 Å². The first-order valence-electron chi connectivity index (χ1n) is 4.49. The topological polar surface area (TPSA) is 58.2 Å². The number of amides is 1. The van der Waals surface area contributed by atoms with Gasteiger partial charge in [0.1, 0.15) is 5.82 Å². The first kappa shape index (κ1) is 10.6. The van der Waals surface area contributed by atoms with Crippen LogP contribution in [-0.2, 0) is 11.3 Å². The van der Waals surface area contributed by atoms with E-state index in [2.05, 4.69) is 9.97 Å². The van der Waals surface area contributed by atoms with Gasteiger partial charge in [-0.15, -0.1) is 0 Å². The number of imidazole rings is 1. The highest BCUT2D eigenvalue weighted by molar-refractivity contribution is 5.67. The maximum atomic E-state index is 11.3. The molecule has 0 unspecified atom stereocenters. The Bertz CT molecular complexity index is 282. The number of rotatable bonds is 3. The number of aromatic amines is 1. The van der Waals surface area contributed by atoms with E-state index in [9.17, 15) is 4.79 Å². The van der Waals surface area contributed by atoms with Crippen LogP contribution in [0.4, 0.5) is 4.79 Å². The van der Waals surface area contributed by atoms with E-state index >= 15 is 0 Å². The fourth-order valence-corrected chi connectivity index (χ4v) is 0.965. The summed E-state index contributed by atoms with van der Waals surface area (Å²) in [6.07, 6.45) is 2.94. The maximum absolute atomic E-state index is 11.3. The Balaban J connectivity index is 2.42. The first-order chi connectivity index (χ1) is 6.59. The third-order valence-corrected chi connectivity index (χ3v) is 1.59. The van der Waals surface area contributed by atoms with Crippen LogP contribution < -0.4 is 0 Å². The van der Waals surface area contributed by atoms with Crippen molar-refractivity contribution < 1.29 is 9.53 Å². The van der Waals surface area contributed by atoms with Gasteiger partial charge < -0.3 is 14.6 Å². The molecule has 0 aromatic carbocycles. The molecule has 1 amide bonds. The lowest BCUT2D eigenvalue weighted by molar-refractivity contribution is 0.0816. The SMILES string of the molecule is CC(C)OC(=O)N(C)Cc1ncc[nH]1. The normalized spacial score (nSPS) is 10.3. The maximum Gasteiger partial charge on any atom is 0.410 e. The van der Waals surface area contributed by atoms with Crippen molar-refractivity contribution in [1.29, 1.82) is 0 Å². The highest BCUT2D eigenvalue weighted by Gasteiger charge is 2.12. The van der Waals surface area contributed by atoms with E-state index in [1.807, 2.05) is 13.8 Å². The molecule has 1 rings (SSSR count). The van der Waals surface area contributed by atoms with Crippen LogP contribution in [0.1, 0.15) is 19.7 Å². The predicted molar refractivity (Wildman–Crippen MR) is 51.7 cm³/mol. The Morgan fingerprint density at radius 3 is 2.93 bits per heavy atom. The summed E-state index contributed by atoms with van der Waals surface area (Å²) in [5, 5.41) is 0. The second kappa shape index (κ2) is 4.64. The van der Waals surface area contributed by atoms with E-state index in [0.717, 1.165) is 5.82 Å². The summed E-state index contributed by atoms with van der Waals surface area (Å²) in [5.41, 5.74) is 0. The lowest BCUT2D eigenvalue weighted by Gasteiger charge is -2.17. The van der Waals surface area contributed by atoms with Crippen LogP contribution in [0.15, 0.2) is 12.4 Å². The average Bonchev–Trinajstić information content (AvgIpc) is 2.55. The standard InChI is InChI=1S/C9H15N3O2/c1-7(2)14-9(13)12(3)6-8-10-4-5-11-8/h4-5,7H,6H2,1-3H3,(H,10,11). The van der Waals surface area contributed by atoms with Crippen LogP contribution in [0, 0.1) is 0 Å². The van der Waals surface area contributed by atoms with Gasteiger partial charge in [-0.05, 0) is 13.8 Å². The third kappa shape index (κ3) is 3.08. The molecule has 5 heteroatoms. The number of nitrogens with one attached hydrogen (secondary N) is 1. The zero-order chi connectivity index (χ0) is 10.6. The predicted octanol–water partition coefficient (Wildman–Crippen LogP) is 1.39. The van der Waals surface area contributed by atoms with E-state index in [1.165, 1.54) is 4.90 Å². The minimum atomic E-state index is -0.337. The number of carbonyl (C=O) groups excluding carboxylic acids is 1. The van der Waals surface area contributed by atoms with Crippen molar-refractivity contribution in [3.05, 3.63) is 18.2 Å². The molecule has 1 heterocycles. The van der Waals surface area contributed by atoms with Crippen molar-refractivity contribution in [2.24, 2.45) is 0 Å². The van der Waals surface area contributed by atoms with Gasteiger partial charge in [-0.3, -0.25) is 0 Å². The molecule has 5 nitrogen and oxygen atoms in total. The lowest BCUT2D eigenvalue weighted by Crippen LogP contribution is -2.29. The van der Waals surface area contributed by atoms with Gasteiger partial charge in [0.05, 0.1) is 12.6 Å². The van der Waals surface area contributed by atoms with E-state index < -0.39 is 0 Å². The Labute approximate surface area is 83.1 Å². The van der Waals surface area contributed by atoms with E-state index in [1.54, 1.807) is 19.4 Å². The molecular weight excluding hydrogens is 182 g/mol. The minimum absolute atomic E-state index is 0.0958. The highest BCUT2D eigenvalue weighted by atomic mass is 16.6. The highest BCUT2D eigenvalue weighted by Crippen LogP contribution is 2.00. The third-order valence-electron chi connectivity index (χ3n) is 1.59. The number of hydrogen-bond donors (Lipinski definition) is 1. The van der Waals surface area contributed by atoms with Crippen LogP contribution in [0.3, 0.4) is 0 Å². The molecule has 1 N–H and O–H groups in total. The molecule has 0 spiro atoms. The molecule has 1 aromatic rings. The van der Waals surface area contributed by atoms with E-state index in [-0.39, 0.29) is 12.2 Å². The molecule has 1 aromatic heterocycles. The van der Waals surface area contributed by atoms with Gasteiger partial charge in [-0.25, -0.2) is 9.78 Å². The van der Waals surface area contributed by atoms with Gasteiger partial charge in [0.25, 0.3) is 0 Å². The molecule has 0 saturated heterocycles. The van der Waals surface area contributed by atoms with Gasteiger partial charge >= 0.3 is 6.09 Å². The van der Waals surface area contributed by atoms with E-state index in [0.29, 0.717) is 6.54 Å². The average molecular weight is 197 g/mol. The Morgan fingerprint density at radius 2 is 2.43 bits per heavy atom. The lowest BCUT2D eigenvalue weighted by atomic mass is 10.5. The molecule has 0 fully saturated rings. The summed E-state index contributed by atoms with van der Waals surface area (Å²) in [5.74, 6) is 0.744. The summed E-state index contributed by atoms with van der Waals surface area (Å²) in [4.78, 5) is 19.7. The molecule has 0 aliphatic heterocycles. The summed E-state index contributed by atoms with van der Waals surface area (Å²) in [6, 6.07) is 0. The molecule has 0 aliphatic carbocycles. The number of ether oxygens (including phenoxy) is 1. The molecule has 0 radical (unpaired) electrons. The van der Waals surface area contributed by atoms with Crippen molar-refractivity contribution in [3.63, 3.8) is 0 Å². The fourth-order valence-electron chi connectivity index (χ4n) is 0.965. The fraction of sp³-hybridized carbons (Fsp3) is 0.556. The monoisotopic (exact) mass is 197 g/mol.